The van der Waals surface area contributed by atoms with Gasteiger partial charge in [0.25, 0.3) is 5.91 Å². The molecule has 0 saturated heterocycles. The standard InChI is InChI=1S/C22H19N7OS/c1-28-13-15(12-24-28)21-25-18(14-31-21)20(30)27-22-26-17-7-2-3-8-19(17)29(22)11-9-16-6-4-5-10-23-16/h2-8,10,12-14H,9,11H2,1H3,(H,26,27,30). The number of fused-ring (bicyclic) bond motifs is 1. The number of aryl methyl sites for hydroxylation is 3. The number of imidazole rings is 1. The van der Waals surface area contributed by atoms with Crippen molar-refractivity contribution in [1.29, 1.82) is 0 Å². The van der Waals surface area contributed by atoms with Crippen molar-refractivity contribution in [2.45, 2.75) is 13.0 Å². The van der Waals surface area contributed by atoms with Crippen LogP contribution in [0.5, 0.6) is 0 Å². The number of benzene rings is 1. The molecule has 0 spiro atoms. The van der Waals surface area contributed by atoms with Crippen molar-refractivity contribution in [3.8, 4) is 10.6 Å². The highest BCUT2D eigenvalue weighted by atomic mass is 32.1. The third kappa shape index (κ3) is 3.95. The highest BCUT2D eigenvalue weighted by Crippen LogP contribution is 2.24. The molecule has 1 amide bonds. The molecule has 1 N–H and O–H groups in total. The topological polar surface area (TPSA) is 90.5 Å². The Balaban J connectivity index is 1.40. The van der Waals surface area contributed by atoms with Crippen molar-refractivity contribution < 1.29 is 4.79 Å². The molecule has 0 atom stereocenters. The second kappa shape index (κ2) is 8.11. The fraction of sp³-hybridized carbons (Fsp3) is 0.136. The van der Waals surface area contributed by atoms with Gasteiger partial charge in [-0.1, -0.05) is 18.2 Å². The summed E-state index contributed by atoms with van der Waals surface area (Å²) in [6, 6.07) is 13.7. The Labute approximate surface area is 182 Å². The van der Waals surface area contributed by atoms with Gasteiger partial charge in [-0.25, -0.2) is 9.97 Å². The maximum Gasteiger partial charge on any atom is 0.277 e. The molecule has 0 saturated carbocycles. The van der Waals surface area contributed by atoms with Gasteiger partial charge in [0.05, 0.1) is 17.2 Å². The lowest BCUT2D eigenvalue weighted by molar-refractivity contribution is 0.102. The molecule has 0 unspecified atom stereocenters. The molecule has 0 aliphatic heterocycles. The average molecular weight is 430 g/mol. The van der Waals surface area contributed by atoms with Crippen LogP contribution in [-0.4, -0.2) is 35.2 Å². The molecule has 1 aromatic carbocycles. The zero-order valence-electron chi connectivity index (χ0n) is 16.8. The average Bonchev–Trinajstić information content (AvgIpc) is 3.51. The van der Waals surface area contributed by atoms with E-state index in [2.05, 4.69) is 25.4 Å². The van der Waals surface area contributed by atoms with Gasteiger partial charge in [0.2, 0.25) is 5.95 Å². The van der Waals surface area contributed by atoms with E-state index in [0.717, 1.165) is 33.7 Å². The van der Waals surface area contributed by atoms with Crippen LogP contribution in [0.3, 0.4) is 0 Å². The number of para-hydroxylation sites is 2. The van der Waals surface area contributed by atoms with Gasteiger partial charge in [-0.15, -0.1) is 11.3 Å². The number of nitrogens with one attached hydrogen (secondary N) is 1. The van der Waals surface area contributed by atoms with Gasteiger partial charge in [0, 0.05) is 49.0 Å². The van der Waals surface area contributed by atoms with Crippen molar-refractivity contribution in [1.82, 2.24) is 29.3 Å². The van der Waals surface area contributed by atoms with Gasteiger partial charge in [0.1, 0.15) is 10.7 Å². The lowest BCUT2D eigenvalue weighted by atomic mass is 10.2. The van der Waals surface area contributed by atoms with Crippen LogP contribution in [0.25, 0.3) is 21.6 Å². The summed E-state index contributed by atoms with van der Waals surface area (Å²) >= 11 is 1.41. The number of hydrogen-bond donors (Lipinski definition) is 1. The number of nitrogens with zero attached hydrogens (tertiary/aromatic N) is 6. The Morgan fingerprint density at radius 3 is 2.81 bits per heavy atom. The molecule has 0 radical (unpaired) electrons. The Hall–Kier alpha value is -3.85. The first kappa shape index (κ1) is 19.1. The van der Waals surface area contributed by atoms with Crippen LogP contribution < -0.4 is 5.32 Å². The number of carbonyl (C=O) groups is 1. The number of amides is 1. The van der Waals surface area contributed by atoms with E-state index in [-0.39, 0.29) is 5.91 Å². The number of hydrogen-bond acceptors (Lipinski definition) is 6. The normalized spacial score (nSPS) is 11.1. The van der Waals surface area contributed by atoms with Gasteiger partial charge in [-0.2, -0.15) is 5.10 Å². The van der Waals surface area contributed by atoms with E-state index in [4.69, 9.17) is 0 Å². The van der Waals surface area contributed by atoms with Crippen LogP contribution >= 0.6 is 11.3 Å². The lowest BCUT2D eigenvalue weighted by Gasteiger charge is -2.09. The highest BCUT2D eigenvalue weighted by molar-refractivity contribution is 7.13. The predicted molar refractivity (Wildman–Crippen MR) is 120 cm³/mol. The summed E-state index contributed by atoms with van der Waals surface area (Å²) in [7, 11) is 1.85. The molecule has 8 nitrogen and oxygen atoms in total. The van der Waals surface area contributed by atoms with Gasteiger partial charge in [0.15, 0.2) is 0 Å². The molecule has 4 aromatic heterocycles. The van der Waals surface area contributed by atoms with Crippen LogP contribution in [0.1, 0.15) is 16.2 Å². The maximum atomic E-state index is 12.9. The van der Waals surface area contributed by atoms with Crippen LogP contribution in [0.2, 0.25) is 0 Å². The highest BCUT2D eigenvalue weighted by Gasteiger charge is 2.17. The van der Waals surface area contributed by atoms with E-state index in [9.17, 15) is 4.79 Å². The summed E-state index contributed by atoms with van der Waals surface area (Å²) in [6.07, 6.45) is 6.12. The minimum absolute atomic E-state index is 0.291. The first-order chi connectivity index (χ1) is 15.2. The minimum Gasteiger partial charge on any atom is -0.310 e. The van der Waals surface area contributed by atoms with Gasteiger partial charge < -0.3 is 4.57 Å². The first-order valence-electron chi connectivity index (χ1n) is 9.78. The molecule has 0 aliphatic rings. The third-order valence-electron chi connectivity index (χ3n) is 4.89. The Morgan fingerprint density at radius 2 is 2.00 bits per heavy atom. The molecule has 154 valence electrons. The Kier molecular flexibility index (Phi) is 5.01. The van der Waals surface area contributed by atoms with Crippen molar-refractivity contribution in [2.24, 2.45) is 7.05 Å². The molecule has 5 aromatic rings. The van der Waals surface area contributed by atoms with Crippen molar-refractivity contribution in [2.75, 3.05) is 5.32 Å². The summed E-state index contributed by atoms with van der Waals surface area (Å²) in [6.45, 7) is 0.644. The quantitative estimate of drug-likeness (QED) is 0.444. The summed E-state index contributed by atoms with van der Waals surface area (Å²) in [4.78, 5) is 26.4. The van der Waals surface area contributed by atoms with Crippen molar-refractivity contribution >= 4 is 34.2 Å². The molecular weight excluding hydrogens is 410 g/mol. The maximum absolute atomic E-state index is 12.9. The second-order valence-electron chi connectivity index (χ2n) is 7.04. The number of pyridine rings is 1. The largest absolute Gasteiger partial charge is 0.310 e. The molecule has 0 bridgehead atoms. The van der Waals surface area contributed by atoms with Crippen molar-refractivity contribution in [3.05, 3.63) is 77.8 Å². The van der Waals surface area contributed by atoms with Gasteiger partial charge in [-0.3, -0.25) is 19.8 Å². The molecule has 0 fully saturated rings. The van der Waals surface area contributed by atoms with E-state index < -0.39 is 0 Å². The van der Waals surface area contributed by atoms with E-state index in [1.807, 2.05) is 60.3 Å². The van der Waals surface area contributed by atoms with Crippen LogP contribution in [0.4, 0.5) is 5.95 Å². The number of anilines is 1. The molecular formula is C22H19N7OS. The molecule has 31 heavy (non-hydrogen) atoms. The minimum atomic E-state index is -0.291. The van der Waals surface area contributed by atoms with E-state index in [1.54, 1.807) is 22.5 Å². The predicted octanol–water partition coefficient (Wildman–Crippen LogP) is 3.78. The lowest BCUT2D eigenvalue weighted by Crippen LogP contribution is -2.17. The van der Waals surface area contributed by atoms with Crippen molar-refractivity contribution in [3.63, 3.8) is 0 Å². The Morgan fingerprint density at radius 1 is 1.13 bits per heavy atom. The monoisotopic (exact) mass is 429 g/mol. The van der Waals surface area contributed by atoms with E-state index in [0.29, 0.717) is 18.2 Å². The SMILES string of the molecule is Cn1cc(-c2nc(C(=O)Nc3nc4ccccc4n3CCc3ccccn3)cs2)cn1. The zero-order chi connectivity index (χ0) is 21.2. The summed E-state index contributed by atoms with van der Waals surface area (Å²) < 4.78 is 3.72. The van der Waals surface area contributed by atoms with Crippen LogP contribution in [0, 0.1) is 0 Å². The molecule has 0 aliphatic carbocycles. The number of carbonyl (C=O) groups excluding carboxylic acids is 1. The fourth-order valence-electron chi connectivity index (χ4n) is 3.38. The summed E-state index contributed by atoms with van der Waals surface area (Å²) in [5.74, 6) is 0.207. The Bertz CT molecular complexity index is 1350. The molecule has 9 heteroatoms. The number of rotatable bonds is 6. The summed E-state index contributed by atoms with van der Waals surface area (Å²) in [5.41, 5.74) is 4.01. The van der Waals surface area contributed by atoms with Gasteiger partial charge in [-0.05, 0) is 24.3 Å². The first-order valence-corrected chi connectivity index (χ1v) is 10.7. The molecule has 5 rings (SSSR count). The number of aromatic nitrogens is 6. The zero-order valence-corrected chi connectivity index (χ0v) is 17.6. The summed E-state index contributed by atoms with van der Waals surface area (Å²) in [5, 5.41) is 9.60. The van der Waals surface area contributed by atoms with Crippen LogP contribution in [0.15, 0.2) is 66.4 Å². The smallest absolute Gasteiger partial charge is 0.277 e. The third-order valence-corrected chi connectivity index (χ3v) is 5.78. The van der Waals surface area contributed by atoms with Gasteiger partial charge >= 0.3 is 0 Å². The second-order valence-corrected chi connectivity index (χ2v) is 7.90. The number of thiazole rings is 1. The molecule has 4 heterocycles. The van der Waals surface area contributed by atoms with Crippen LogP contribution in [-0.2, 0) is 20.0 Å². The fourth-order valence-corrected chi connectivity index (χ4v) is 4.15. The van der Waals surface area contributed by atoms with E-state index >= 15 is 0 Å². The van der Waals surface area contributed by atoms with E-state index in [1.165, 1.54) is 11.3 Å².